The summed E-state index contributed by atoms with van der Waals surface area (Å²) in [5, 5.41) is 13.1. The van der Waals surface area contributed by atoms with Crippen molar-refractivity contribution >= 4 is 11.4 Å². The lowest BCUT2D eigenvalue weighted by atomic mass is 10.0. The summed E-state index contributed by atoms with van der Waals surface area (Å²) >= 11 is 0. The van der Waals surface area contributed by atoms with E-state index in [1.165, 1.54) is 0 Å². The van der Waals surface area contributed by atoms with Crippen LogP contribution >= 0.6 is 0 Å². The topological polar surface area (TPSA) is 67.5 Å². The Hall–Kier alpha value is -1.26. The summed E-state index contributed by atoms with van der Waals surface area (Å²) in [5.74, 6) is 0. The van der Waals surface area contributed by atoms with Gasteiger partial charge in [0.2, 0.25) is 0 Å². The highest BCUT2D eigenvalue weighted by molar-refractivity contribution is 5.65. The van der Waals surface area contributed by atoms with E-state index in [-0.39, 0.29) is 0 Å². The van der Waals surface area contributed by atoms with Crippen LogP contribution < -0.4 is 11.1 Å². The van der Waals surface area contributed by atoms with Crippen molar-refractivity contribution in [2.45, 2.75) is 18.9 Å². The second-order valence-electron chi connectivity index (χ2n) is 4.18. The van der Waals surface area contributed by atoms with E-state index >= 15 is 0 Å². The normalized spacial score (nSPS) is 14.4. The maximum absolute atomic E-state index is 10.0. The van der Waals surface area contributed by atoms with Crippen molar-refractivity contribution in [1.29, 1.82) is 0 Å². The fourth-order valence-corrected chi connectivity index (χ4v) is 1.35. The van der Waals surface area contributed by atoms with Crippen LogP contribution in [0, 0.1) is 0 Å². The van der Waals surface area contributed by atoms with Crippen molar-refractivity contribution in [2.75, 3.05) is 31.3 Å². The Morgan fingerprint density at radius 2 is 2.12 bits per heavy atom. The molecule has 0 saturated heterocycles. The van der Waals surface area contributed by atoms with Gasteiger partial charge in [0.05, 0.1) is 17.0 Å². The number of benzene rings is 1. The molecule has 0 bridgehead atoms. The molecule has 0 fully saturated rings. The Balaban J connectivity index is 2.47. The Morgan fingerprint density at radius 3 is 2.75 bits per heavy atom. The zero-order chi connectivity index (χ0) is 12.0. The number of nitrogens with two attached hydrogens (primary N) is 1. The van der Waals surface area contributed by atoms with Gasteiger partial charge in [-0.15, -0.1) is 0 Å². The van der Waals surface area contributed by atoms with E-state index in [1.54, 1.807) is 14.0 Å². The summed E-state index contributed by atoms with van der Waals surface area (Å²) in [5.41, 5.74) is 6.52. The molecule has 4 nitrogen and oxygen atoms in total. The Morgan fingerprint density at radius 1 is 1.44 bits per heavy atom. The van der Waals surface area contributed by atoms with Crippen LogP contribution in [0.4, 0.5) is 11.4 Å². The summed E-state index contributed by atoms with van der Waals surface area (Å²) in [6, 6.07) is 7.50. The third-order valence-corrected chi connectivity index (χ3v) is 2.47. The highest BCUT2D eigenvalue weighted by Gasteiger charge is 2.19. The second kappa shape index (κ2) is 5.72. The van der Waals surface area contributed by atoms with Gasteiger partial charge in [-0.3, -0.25) is 0 Å². The first-order valence-electron chi connectivity index (χ1n) is 5.35. The molecule has 16 heavy (non-hydrogen) atoms. The van der Waals surface area contributed by atoms with Gasteiger partial charge in [0, 0.05) is 26.7 Å². The monoisotopic (exact) mass is 224 g/mol. The van der Waals surface area contributed by atoms with Gasteiger partial charge in [-0.05, 0) is 19.1 Å². The fourth-order valence-electron chi connectivity index (χ4n) is 1.35. The fraction of sp³-hybridized carbons (Fsp3) is 0.500. The second-order valence-corrected chi connectivity index (χ2v) is 4.18. The van der Waals surface area contributed by atoms with Gasteiger partial charge in [-0.1, -0.05) is 12.1 Å². The Labute approximate surface area is 96.4 Å². The smallest absolute Gasteiger partial charge is 0.0813 e. The third kappa shape index (κ3) is 4.08. The standard InChI is InChI=1S/C12H20N2O2/c1-12(15,7-8-16-2)9-14-11-6-4-3-5-10(11)13/h3-6,14-15H,7-9,13H2,1-2H3. The summed E-state index contributed by atoms with van der Waals surface area (Å²) in [4.78, 5) is 0. The van der Waals surface area contributed by atoms with Gasteiger partial charge in [-0.2, -0.15) is 0 Å². The first-order chi connectivity index (χ1) is 7.55. The minimum Gasteiger partial charge on any atom is -0.397 e. The van der Waals surface area contributed by atoms with Gasteiger partial charge in [-0.25, -0.2) is 0 Å². The zero-order valence-electron chi connectivity index (χ0n) is 9.86. The predicted octanol–water partition coefficient (Wildman–Crippen LogP) is 1.47. The molecular formula is C12H20N2O2. The SMILES string of the molecule is COCCC(C)(O)CNc1ccccc1N. The van der Waals surface area contributed by atoms with Crippen LogP contribution in [-0.4, -0.2) is 31.0 Å². The van der Waals surface area contributed by atoms with Crippen molar-refractivity contribution in [3.05, 3.63) is 24.3 Å². The molecule has 90 valence electrons. The van der Waals surface area contributed by atoms with Crippen LogP contribution in [-0.2, 0) is 4.74 Å². The maximum atomic E-state index is 10.0. The molecule has 0 spiro atoms. The first-order valence-corrected chi connectivity index (χ1v) is 5.35. The van der Waals surface area contributed by atoms with Crippen molar-refractivity contribution in [2.24, 2.45) is 0 Å². The van der Waals surface area contributed by atoms with E-state index in [0.29, 0.717) is 25.3 Å². The average Bonchev–Trinajstić information content (AvgIpc) is 2.26. The minimum absolute atomic E-state index is 0.449. The highest BCUT2D eigenvalue weighted by Crippen LogP contribution is 2.18. The molecule has 1 aromatic carbocycles. The number of para-hydroxylation sites is 2. The zero-order valence-corrected chi connectivity index (χ0v) is 9.86. The molecule has 4 heteroatoms. The highest BCUT2D eigenvalue weighted by atomic mass is 16.5. The van der Waals surface area contributed by atoms with Crippen LogP contribution in [0.1, 0.15) is 13.3 Å². The van der Waals surface area contributed by atoms with Gasteiger partial charge in [0.25, 0.3) is 0 Å². The molecule has 1 atom stereocenters. The molecule has 1 unspecified atom stereocenters. The van der Waals surface area contributed by atoms with E-state index in [9.17, 15) is 5.11 Å². The van der Waals surface area contributed by atoms with Crippen LogP contribution in [0.3, 0.4) is 0 Å². The molecular weight excluding hydrogens is 204 g/mol. The number of anilines is 2. The Bertz CT molecular complexity index is 327. The van der Waals surface area contributed by atoms with Gasteiger partial charge < -0.3 is 20.9 Å². The van der Waals surface area contributed by atoms with Gasteiger partial charge in [0.1, 0.15) is 0 Å². The molecule has 0 radical (unpaired) electrons. The van der Waals surface area contributed by atoms with Crippen molar-refractivity contribution in [3.63, 3.8) is 0 Å². The number of nitrogens with one attached hydrogen (secondary N) is 1. The molecule has 1 aromatic rings. The summed E-state index contributed by atoms with van der Waals surface area (Å²) < 4.78 is 4.94. The largest absolute Gasteiger partial charge is 0.397 e. The number of hydrogen-bond acceptors (Lipinski definition) is 4. The number of hydrogen-bond donors (Lipinski definition) is 3. The molecule has 0 aliphatic carbocycles. The van der Waals surface area contributed by atoms with E-state index in [1.807, 2.05) is 24.3 Å². The lowest BCUT2D eigenvalue weighted by Crippen LogP contribution is -2.34. The maximum Gasteiger partial charge on any atom is 0.0813 e. The van der Waals surface area contributed by atoms with Crippen LogP contribution in [0.25, 0.3) is 0 Å². The molecule has 0 aliphatic heterocycles. The summed E-state index contributed by atoms with van der Waals surface area (Å²) in [6.45, 7) is 2.77. The number of rotatable bonds is 6. The summed E-state index contributed by atoms with van der Waals surface area (Å²) in [6.07, 6.45) is 0.587. The first kappa shape index (κ1) is 12.8. The molecule has 0 saturated carbocycles. The number of methoxy groups -OCH3 is 1. The Kier molecular flexibility index (Phi) is 4.58. The molecule has 0 heterocycles. The van der Waals surface area contributed by atoms with Gasteiger partial charge >= 0.3 is 0 Å². The molecule has 0 aliphatic rings. The molecule has 4 N–H and O–H groups in total. The number of nitrogen functional groups attached to an aromatic ring is 1. The third-order valence-electron chi connectivity index (χ3n) is 2.47. The van der Waals surface area contributed by atoms with Crippen molar-refractivity contribution < 1.29 is 9.84 Å². The van der Waals surface area contributed by atoms with Gasteiger partial charge in [0.15, 0.2) is 0 Å². The predicted molar refractivity (Wildman–Crippen MR) is 66.5 cm³/mol. The quantitative estimate of drug-likeness (QED) is 0.640. The van der Waals surface area contributed by atoms with Crippen LogP contribution in [0.15, 0.2) is 24.3 Å². The lowest BCUT2D eigenvalue weighted by Gasteiger charge is -2.24. The number of ether oxygens (including phenoxy) is 1. The van der Waals surface area contributed by atoms with E-state index in [0.717, 1.165) is 5.69 Å². The van der Waals surface area contributed by atoms with Crippen molar-refractivity contribution in [3.8, 4) is 0 Å². The summed E-state index contributed by atoms with van der Waals surface area (Å²) in [7, 11) is 1.62. The van der Waals surface area contributed by atoms with Crippen LogP contribution in [0.2, 0.25) is 0 Å². The van der Waals surface area contributed by atoms with E-state index < -0.39 is 5.60 Å². The van der Waals surface area contributed by atoms with E-state index in [2.05, 4.69) is 5.32 Å². The molecule has 0 aromatic heterocycles. The van der Waals surface area contributed by atoms with Crippen LogP contribution in [0.5, 0.6) is 0 Å². The average molecular weight is 224 g/mol. The minimum atomic E-state index is -0.793. The molecule has 1 rings (SSSR count). The van der Waals surface area contributed by atoms with Crippen molar-refractivity contribution in [1.82, 2.24) is 0 Å². The van der Waals surface area contributed by atoms with E-state index in [4.69, 9.17) is 10.5 Å². The molecule has 0 amide bonds. The lowest BCUT2D eigenvalue weighted by molar-refractivity contribution is 0.0358. The number of aliphatic hydroxyl groups is 1.